The molecule has 0 aliphatic carbocycles. The van der Waals surface area contributed by atoms with E-state index >= 15 is 0 Å². The van der Waals surface area contributed by atoms with E-state index in [1.54, 1.807) is 26.4 Å². The van der Waals surface area contributed by atoms with Gasteiger partial charge in [-0.2, -0.15) is 0 Å². The van der Waals surface area contributed by atoms with Crippen molar-refractivity contribution in [3.8, 4) is 11.5 Å². The largest absolute Gasteiger partial charge is 0.493 e. The van der Waals surface area contributed by atoms with Crippen molar-refractivity contribution < 1.29 is 24.2 Å². The van der Waals surface area contributed by atoms with Crippen molar-refractivity contribution in [2.45, 2.75) is 6.42 Å². The lowest BCUT2D eigenvalue weighted by Crippen LogP contribution is -2.30. The molecule has 1 aromatic carbocycles. The highest BCUT2D eigenvalue weighted by molar-refractivity contribution is 14.1. The van der Waals surface area contributed by atoms with Gasteiger partial charge in [-0.25, -0.2) is 0 Å². The van der Waals surface area contributed by atoms with Crippen LogP contribution in [0.2, 0.25) is 0 Å². The van der Waals surface area contributed by atoms with Gasteiger partial charge in [-0.05, 0) is 46.4 Å². The van der Waals surface area contributed by atoms with Crippen molar-refractivity contribution >= 4 is 68.8 Å². The predicted molar refractivity (Wildman–Crippen MR) is 104 cm³/mol. The molecule has 1 heterocycles. The van der Waals surface area contributed by atoms with E-state index in [4.69, 9.17) is 26.8 Å². The van der Waals surface area contributed by atoms with Crippen LogP contribution in [0.25, 0.3) is 6.08 Å². The molecule has 1 fully saturated rings. The minimum Gasteiger partial charge on any atom is -0.493 e. The smallest absolute Gasteiger partial charge is 0.305 e. The zero-order chi connectivity index (χ0) is 17.9. The van der Waals surface area contributed by atoms with E-state index in [1.165, 1.54) is 4.90 Å². The Bertz CT molecular complexity index is 735. The number of methoxy groups -OCH3 is 2. The molecule has 1 N–H and O–H groups in total. The van der Waals surface area contributed by atoms with Gasteiger partial charge in [0.15, 0.2) is 11.5 Å². The Balaban J connectivity index is 2.29. The number of amides is 1. The molecule has 0 aromatic heterocycles. The molecule has 6 nitrogen and oxygen atoms in total. The molecule has 1 saturated heterocycles. The molecule has 0 saturated carbocycles. The SMILES string of the molecule is COc1cc(/C=C2\SC(=S)N(CCC(=O)O)C2=O)cc(I)c1OC. The minimum absolute atomic E-state index is 0.0702. The molecule has 9 heteroatoms. The summed E-state index contributed by atoms with van der Waals surface area (Å²) in [6.45, 7) is 0.0702. The number of halogens is 1. The van der Waals surface area contributed by atoms with Crippen LogP contribution in [0.4, 0.5) is 0 Å². The Labute approximate surface area is 162 Å². The Morgan fingerprint density at radius 1 is 1.42 bits per heavy atom. The van der Waals surface area contributed by atoms with Crippen molar-refractivity contribution in [2.24, 2.45) is 0 Å². The lowest BCUT2D eigenvalue weighted by atomic mass is 10.2. The molecule has 0 bridgehead atoms. The fourth-order valence-electron chi connectivity index (χ4n) is 2.07. The monoisotopic (exact) mass is 479 g/mol. The van der Waals surface area contributed by atoms with Gasteiger partial charge in [0.1, 0.15) is 4.32 Å². The molecule has 1 amide bonds. The van der Waals surface area contributed by atoms with E-state index < -0.39 is 5.97 Å². The van der Waals surface area contributed by atoms with Crippen molar-refractivity contribution in [1.29, 1.82) is 0 Å². The number of hydrogen-bond donors (Lipinski definition) is 1. The van der Waals surface area contributed by atoms with Crippen LogP contribution in [0.1, 0.15) is 12.0 Å². The molecule has 0 spiro atoms. The number of thioether (sulfide) groups is 1. The van der Waals surface area contributed by atoms with Gasteiger partial charge in [0.2, 0.25) is 0 Å². The normalized spacial score (nSPS) is 16.0. The molecular formula is C15H14INO5S2. The summed E-state index contributed by atoms with van der Waals surface area (Å²) < 4.78 is 11.8. The molecular weight excluding hydrogens is 465 g/mol. The molecule has 0 unspecified atom stereocenters. The third-order valence-electron chi connectivity index (χ3n) is 3.18. The first-order valence-electron chi connectivity index (χ1n) is 6.76. The first-order valence-corrected chi connectivity index (χ1v) is 9.06. The van der Waals surface area contributed by atoms with Crippen LogP contribution in [-0.2, 0) is 9.59 Å². The second kappa shape index (κ2) is 8.17. The molecule has 1 aromatic rings. The maximum atomic E-state index is 12.4. The van der Waals surface area contributed by atoms with Gasteiger partial charge >= 0.3 is 5.97 Å². The third-order valence-corrected chi connectivity index (χ3v) is 5.36. The van der Waals surface area contributed by atoms with Gasteiger partial charge in [0.05, 0.1) is 29.1 Å². The van der Waals surface area contributed by atoms with Gasteiger partial charge < -0.3 is 14.6 Å². The average Bonchev–Trinajstić information content (AvgIpc) is 2.78. The fourth-order valence-corrected chi connectivity index (χ4v) is 4.23. The summed E-state index contributed by atoms with van der Waals surface area (Å²) in [5.74, 6) is -0.0558. The number of hydrogen-bond acceptors (Lipinski definition) is 6. The minimum atomic E-state index is -0.970. The zero-order valence-electron chi connectivity index (χ0n) is 12.9. The zero-order valence-corrected chi connectivity index (χ0v) is 16.7. The first-order chi connectivity index (χ1) is 11.4. The Hall–Kier alpha value is -1.33. The topological polar surface area (TPSA) is 76.1 Å². The number of benzene rings is 1. The summed E-state index contributed by atoms with van der Waals surface area (Å²) >= 11 is 8.45. The van der Waals surface area contributed by atoms with Gasteiger partial charge in [-0.3, -0.25) is 14.5 Å². The van der Waals surface area contributed by atoms with E-state index in [2.05, 4.69) is 22.6 Å². The van der Waals surface area contributed by atoms with E-state index in [9.17, 15) is 9.59 Å². The fraction of sp³-hybridized carbons (Fsp3) is 0.267. The van der Waals surface area contributed by atoms with Gasteiger partial charge in [0.25, 0.3) is 5.91 Å². The molecule has 2 rings (SSSR count). The molecule has 128 valence electrons. The lowest BCUT2D eigenvalue weighted by Gasteiger charge is -2.12. The van der Waals surface area contributed by atoms with E-state index in [0.29, 0.717) is 20.7 Å². The van der Waals surface area contributed by atoms with Crippen LogP contribution < -0.4 is 9.47 Å². The van der Waals surface area contributed by atoms with Crippen molar-refractivity contribution in [2.75, 3.05) is 20.8 Å². The lowest BCUT2D eigenvalue weighted by molar-refractivity contribution is -0.137. The second-order valence-corrected chi connectivity index (χ2v) is 7.55. The molecule has 0 atom stereocenters. The second-order valence-electron chi connectivity index (χ2n) is 4.72. The summed E-state index contributed by atoms with van der Waals surface area (Å²) in [7, 11) is 3.11. The summed E-state index contributed by atoms with van der Waals surface area (Å²) in [5, 5.41) is 8.76. The molecule has 1 aliphatic heterocycles. The third kappa shape index (κ3) is 4.19. The maximum Gasteiger partial charge on any atom is 0.305 e. The maximum absolute atomic E-state index is 12.4. The number of carboxylic acids is 1. The van der Waals surface area contributed by atoms with E-state index in [1.807, 2.05) is 6.07 Å². The van der Waals surface area contributed by atoms with Crippen LogP contribution in [0.5, 0.6) is 11.5 Å². The molecule has 0 radical (unpaired) electrons. The predicted octanol–water partition coefficient (Wildman–Crippen LogP) is 2.98. The number of carbonyl (C=O) groups is 2. The van der Waals surface area contributed by atoms with E-state index in [0.717, 1.165) is 20.9 Å². The number of nitrogens with zero attached hydrogens (tertiary/aromatic N) is 1. The first kappa shape index (κ1) is 19.0. The van der Waals surface area contributed by atoms with Gasteiger partial charge in [-0.15, -0.1) is 0 Å². The van der Waals surface area contributed by atoms with Crippen LogP contribution in [0, 0.1) is 3.57 Å². The van der Waals surface area contributed by atoms with Gasteiger partial charge in [-0.1, -0.05) is 24.0 Å². The van der Waals surface area contributed by atoms with Crippen molar-refractivity contribution in [3.63, 3.8) is 0 Å². The average molecular weight is 479 g/mol. The van der Waals surface area contributed by atoms with Crippen LogP contribution in [-0.4, -0.2) is 47.0 Å². The Morgan fingerprint density at radius 3 is 2.71 bits per heavy atom. The van der Waals surface area contributed by atoms with E-state index in [-0.39, 0.29) is 18.9 Å². The highest BCUT2D eigenvalue weighted by atomic mass is 127. The number of carbonyl (C=O) groups excluding carboxylic acids is 1. The molecule has 24 heavy (non-hydrogen) atoms. The Kier molecular flexibility index (Phi) is 6.47. The number of carboxylic acid groups (broad SMARTS) is 1. The summed E-state index contributed by atoms with van der Waals surface area (Å²) in [6, 6.07) is 3.64. The van der Waals surface area contributed by atoms with Crippen molar-refractivity contribution in [3.05, 3.63) is 26.2 Å². The summed E-state index contributed by atoms with van der Waals surface area (Å²) in [5.41, 5.74) is 0.774. The Morgan fingerprint density at radius 2 is 2.12 bits per heavy atom. The summed E-state index contributed by atoms with van der Waals surface area (Å²) in [6.07, 6.45) is 1.57. The number of aliphatic carboxylic acids is 1. The molecule has 1 aliphatic rings. The number of rotatable bonds is 6. The number of ether oxygens (including phenoxy) is 2. The van der Waals surface area contributed by atoms with Crippen molar-refractivity contribution in [1.82, 2.24) is 4.90 Å². The highest BCUT2D eigenvalue weighted by Gasteiger charge is 2.32. The summed E-state index contributed by atoms with van der Waals surface area (Å²) in [4.78, 5) is 24.8. The highest BCUT2D eigenvalue weighted by Crippen LogP contribution is 2.37. The quantitative estimate of drug-likeness (QED) is 0.382. The standard InChI is InChI=1S/C15H14INO5S2/c1-21-10-6-8(5-9(16)13(10)22-2)7-11-14(20)17(15(23)24-11)4-3-12(18)19/h5-7H,3-4H2,1-2H3,(H,18,19)/b11-7-. The van der Waals surface area contributed by atoms with Gasteiger partial charge in [0, 0.05) is 6.54 Å². The van der Waals surface area contributed by atoms with Crippen LogP contribution in [0.15, 0.2) is 17.0 Å². The number of thiocarbonyl (C=S) groups is 1. The van der Waals surface area contributed by atoms with Crippen LogP contribution >= 0.6 is 46.6 Å². The van der Waals surface area contributed by atoms with Crippen LogP contribution in [0.3, 0.4) is 0 Å².